The Hall–Kier alpha value is -5.12. The van der Waals surface area contributed by atoms with Gasteiger partial charge in [0.2, 0.25) is 0 Å². The zero-order valence-electron chi connectivity index (χ0n) is 26.7. The highest BCUT2D eigenvalue weighted by molar-refractivity contribution is 7.71. The van der Waals surface area contributed by atoms with Gasteiger partial charge in [0.25, 0.3) is 5.91 Å². The number of anilines is 5. The predicted octanol–water partition coefficient (Wildman–Crippen LogP) is 6.03. The number of nitrogens with zero attached hydrogens (tertiary/aromatic N) is 6. The van der Waals surface area contributed by atoms with Crippen LogP contribution in [0, 0.1) is 16.0 Å². The highest BCUT2D eigenvalue weighted by Gasteiger charge is 2.23. The van der Waals surface area contributed by atoms with E-state index in [0.717, 1.165) is 86.8 Å². The number of H-pyrrole nitrogens is 1. The number of hydrogen-bond acceptors (Lipinski definition) is 10. The maximum absolute atomic E-state index is 11.6. The Morgan fingerprint density at radius 1 is 0.792 bits per heavy atom. The lowest BCUT2D eigenvalue weighted by atomic mass is 10.2. The van der Waals surface area contributed by atoms with E-state index in [2.05, 4.69) is 84.2 Å². The lowest BCUT2D eigenvalue weighted by molar-refractivity contribution is 0.100. The molecule has 48 heavy (non-hydrogen) atoms. The molecule has 0 atom stereocenters. The summed E-state index contributed by atoms with van der Waals surface area (Å²) in [6, 6.07) is 27.1. The fourth-order valence-corrected chi connectivity index (χ4v) is 7.58. The highest BCUT2D eigenvalue weighted by Crippen LogP contribution is 2.38. The summed E-state index contributed by atoms with van der Waals surface area (Å²) in [6.07, 6.45) is 5.70. The lowest BCUT2D eigenvalue weighted by Crippen LogP contribution is -2.31. The molecule has 12 heteroatoms. The molecule has 1 amide bonds. The van der Waals surface area contributed by atoms with Gasteiger partial charge in [0, 0.05) is 76.1 Å². The number of aromatic amines is 1. The number of aromatic nitrogens is 2. The zero-order valence-corrected chi connectivity index (χ0v) is 28.3. The van der Waals surface area contributed by atoms with Gasteiger partial charge >= 0.3 is 0 Å². The Morgan fingerprint density at radius 3 is 1.90 bits per heavy atom. The summed E-state index contributed by atoms with van der Waals surface area (Å²) < 4.78 is 0.518. The van der Waals surface area contributed by atoms with Crippen LogP contribution in [-0.2, 0) is 0 Å². The number of rotatable bonds is 5. The second-order valence-electron chi connectivity index (χ2n) is 11.7. The van der Waals surface area contributed by atoms with Crippen molar-refractivity contribution in [1.82, 2.24) is 9.97 Å². The third-order valence-corrected chi connectivity index (χ3v) is 10.2. The van der Waals surface area contributed by atoms with Crippen LogP contribution in [0.2, 0.25) is 0 Å². The van der Waals surface area contributed by atoms with Gasteiger partial charge in [-0.05, 0) is 49.2 Å². The minimum absolute atomic E-state index is 0.390. The number of carbonyl (C=O) groups is 1. The Kier molecular flexibility index (Phi) is 10.4. The van der Waals surface area contributed by atoms with Crippen molar-refractivity contribution >= 4 is 68.1 Å². The van der Waals surface area contributed by atoms with E-state index in [-0.39, 0.29) is 0 Å². The molecule has 0 saturated carbocycles. The molecular formula is C36H39N9OS2. The van der Waals surface area contributed by atoms with Crippen molar-refractivity contribution in [3.05, 3.63) is 100 Å². The number of para-hydroxylation sites is 2. The molecule has 0 radical (unpaired) electrons. The molecule has 7 rings (SSSR count). The smallest absolute Gasteiger partial charge is 0.260 e. The van der Waals surface area contributed by atoms with E-state index in [9.17, 15) is 10.1 Å². The Bertz CT molecular complexity index is 1960. The number of carbonyl (C=O) groups excluding carboxylic acids is 1. The number of nitriles is 1. The standard InChI is InChI=1S/C19H21N5OS.C17H18N4S/c20-16-15-14(7-8-22-19(15)26-17(16)18(21)25)24-10-4-9-23(11-12-24)13-5-2-1-3-6-13;18-13-15-16(7-8-19-17(15)22)21-10-4-9-20(11-12-21)14-5-2-1-3-6-14/h1-3,5-8H,4,9-12,20H2,(H2,21,25);1-3,5-8H,4,9-12H2,(H,19,22). The molecule has 2 aromatic carbocycles. The van der Waals surface area contributed by atoms with Crippen molar-refractivity contribution in [3.63, 3.8) is 0 Å². The van der Waals surface area contributed by atoms with Crippen LogP contribution in [0.5, 0.6) is 0 Å². The first-order valence-electron chi connectivity index (χ1n) is 16.1. The molecule has 246 valence electrons. The SMILES string of the molecule is N#Cc1c(N2CCCN(c3ccccc3)CC2)cc[nH]c1=S.NC(=O)c1sc2nccc(N3CCCN(c4ccccc4)CC3)c2c1N. The first kappa shape index (κ1) is 32.8. The minimum atomic E-state index is -0.498. The number of nitrogen functional groups attached to an aromatic ring is 1. The number of hydrogen-bond donors (Lipinski definition) is 3. The monoisotopic (exact) mass is 677 g/mol. The van der Waals surface area contributed by atoms with Crippen LogP contribution < -0.4 is 31.1 Å². The van der Waals surface area contributed by atoms with Gasteiger partial charge < -0.3 is 36.1 Å². The van der Waals surface area contributed by atoms with Crippen molar-refractivity contribution in [1.29, 1.82) is 5.26 Å². The highest BCUT2D eigenvalue weighted by atomic mass is 32.1. The lowest BCUT2D eigenvalue weighted by Gasteiger charge is -2.25. The first-order chi connectivity index (χ1) is 23.4. The molecule has 0 bridgehead atoms. The Balaban J connectivity index is 0.000000170. The summed E-state index contributed by atoms with van der Waals surface area (Å²) in [5, 5.41) is 10.2. The van der Waals surface area contributed by atoms with Crippen molar-refractivity contribution in [2.24, 2.45) is 5.73 Å². The van der Waals surface area contributed by atoms with E-state index < -0.39 is 5.91 Å². The van der Waals surface area contributed by atoms with E-state index in [1.54, 1.807) is 6.20 Å². The first-order valence-corrected chi connectivity index (χ1v) is 17.4. The average Bonchev–Trinajstić information content (AvgIpc) is 3.30. The van der Waals surface area contributed by atoms with Crippen molar-refractivity contribution in [2.45, 2.75) is 12.8 Å². The summed E-state index contributed by atoms with van der Waals surface area (Å²) in [6.45, 7) is 7.57. The number of nitrogens with one attached hydrogen (secondary N) is 1. The maximum atomic E-state index is 11.6. The van der Waals surface area contributed by atoms with Gasteiger partial charge in [0.05, 0.1) is 22.4 Å². The molecule has 0 spiro atoms. The van der Waals surface area contributed by atoms with Crippen LogP contribution in [0.15, 0.2) is 85.2 Å². The summed E-state index contributed by atoms with van der Waals surface area (Å²) in [5.74, 6) is -0.498. The number of thiophene rings is 1. The van der Waals surface area contributed by atoms with Gasteiger partial charge in [-0.15, -0.1) is 11.3 Å². The van der Waals surface area contributed by atoms with Crippen LogP contribution in [0.1, 0.15) is 28.1 Å². The van der Waals surface area contributed by atoms with Gasteiger partial charge in [-0.3, -0.25) is 4.79 Å². The summed E-state index contributed by atoms with van der Waals surface area (Å²) in [7, 11) is 0. The molecule has 5 aromatic rings. The number of fused-ring (bicyclic) bond motifs is 1. The minimum Gasteiger partial charge on any atom is -0.397 e. The van der Waals surface area contributed by atoms with E-state index in [4.69, 9.17) is 23.7 Å². The van der Waals surface area contributed by atoms with E-state index >= 15 is 0 Å². The van der Waals surface area contributed by atoms with E-state index in [0.29, 0.717) is 20.8 Å². The van der Waals surface area contributed by atoms with Gasteiger partial charge in [-0.25, -0.2) is 4.98 Å². The quantitative estimate of drug-likeness (QED) is 0.191. The number of benzene rings is 2. The van der Waals surface area contributed by atoms with E-state index in [1.807, 2.05) is 30.5 Å². The van der Waals surface area contributed by atoms with Crippen molar-refractivity contribution in [3.8, 4) is 6.07 Å². The molecule has 0 unspecified atom stereocenters. The summed E-state index contributed by atoms with van der Waals surface area (Å²) in [5.41, 5.74) is 17.2. The summed E-state index contributed by atoms with van der Waals surface area (Å²) in [4.78, 5) is 29.5. The predicted molar refractivity (Wildman–Crippen MR) is 200 cm³/mol. The van der Waals surface area contributed by atoms with Gasteiger partial charge in [-0.1, -0.05) is 48.6 Å². The number of primary amides is 1. The van der Waals surface area contributed by atoms with Crippen LogP contribution in [0.4, 0.5) is 28.4 Å². The van der Waals surface area contributed by atoms with Crippen LogP contribution in [0.3, 0.4) is 0 Å². The van der Waals surface area contributed by atoms with Crippen LogP contribution in [-0.4, -0.2) is 68.2 Å². The van der Waals surface area contributed by atoms with Gasteiger partial charge in [0.1, 0.15) is 26.0 Å². The van der Waals surface area contributed by atoms with Gasteiger partial charge in [-0.2, -0.15) is 5.26 Å². The topological polar surface area (TPSA) is 135 Å². The number of pyridine rings is 2. The molecule has 3 aromatic heterocycles. The molecule has 0 aliphatic carbocycles. The van der Waals surface area contributed by atoms with Crippen molar-refractivity contribution in [2.75, 3.05) is 77.7 Å². The van der Waals surface area contributed by atoms with Crippen LogP contribution in [0.25, 0.3) is 10.2 Å². The second kappa shape index (κ2) is 15.2. The fraction of sp³-hybridized carbons (Fsp3) is 0.278. The fourth-order valence-electron chi connectivity index (χ4n) is 6.43. The molecular weight excluding hydrogens is 639 g/mol. The molecule has 2 saturated heterocycles. The largest absolute Gasteiger partial charge is 0.397 e. The zero-order chi connectivity index (χ0) is 33.5. The molecule has 5 N–H and O–H groups in total. The van der Waals surface area contributed by atoms with Crippen molar-refractivity contribution < 1.29 is 4.79 Å². The molecule has 5 heterocycles. The Morgan fingerprint density at radius 2 is 1.33 bits per heavy atom. The molecule has 10 nitrogen and oxygen atoms in total. The second-order valence-corrected chi connectivity index (χ2v) is 13.1. The van der Waals surface area contributed by atoms with E-state index in [1.165, 1.54) is 22.7 Å². The van der Waals surface area contributed by atoms with Gasteiger partial charge in [0.15, 0.2) is 0 Å². The third kappa shape index (κ3) is 7.22. The number of amides is 1. The normalized spacial score (nSPS) is 15.2. The summed E-state index contributed by atoms with van der Waals surface area (Å²) >= 11 is 6.49. The molecule has 2 aliphatic rings. The molecule has 2 fully saturated rings. The third-order valence-electron chi connectivity index (χ3n) is 8.80. The maximum Gasteiger partial charge on any atom is 0.260 e. The Labute approximate surface area is 289 Å². The van der Waals surface area contributed by atoms with Crippen LogP contribution >= 0.6 is 23.6 Å². The number of nitrogens with two attached hydrogens (primary N) is 2. The molecule has 2 aliphatic heterocycles. The average molecular weight is 678 g/mol.